The van der Waals surface area contributed by atoms with Crippen molar-refractivity contribution in [3.05, 3.63) is 35.4 Å². The van der Waals surface area contributed by atoms with Gasteiger partial charge in [0.15, 0.2) is 0 Å². The predicted molar refractivity (Wildman–Crippen MR) is 84.3 cm³/mol. The van der Waals surface area contributed by atoms with Crippen molar-refractivity contribution in [2.45, 2.75) is 38.4 Å². The monoisotopic (exact) mass is 345 g/mol. The molecule has 0 radical (unpaired) electrons. The molecule has 0 bridgehead atoms. The van der Waals surface area contributed by atoms with E-state index in [2.05, 4.69) is 10.6 Å². The van der Waals surface area contributed by atoms with Gasteiger partial charge in [-0.25, -0.2) is 0 Å². The number of hydrogen-bond donors (Lipinski definition) is 3. The molecule has 1 aromatic rings. The fourth-order valence-electron chi connectivity index (χ4n) is 2.29. The molecule has 0 unspecified atom stereocenters. The van der Waals surface area contributed by atoms with Crippen LogP contribution in [-0.4, -0.2) is 30.4 Å². The first-order chi connectivity index (χ1) is 11.2. The number of nitrogens with one attached hydrogen (secondary N) is 2. The Hall–Kier alpha value is -2.09. The molecule has 0 aliphatic heterocycles. The van der Waals surface area contributed by atoms with E-state index in [0.717, 1.165) is 12.1 Å². The molecule has 5 nitrogen and oxygen atoms in total. The first kappa shape index (κ1) is 20.0. The van der Waals surface area contributed by atoms with Crippen LogP contribution in [0.25, 0.3) is 0 Å². The van der Waals surface area contributed by atoms with Crippen LogP contribution in [0.2, 0.25) is 0 Å². The van der Waals surface area contributed by atoms with Crippen molar-refractivity contribution < 1.29 is 22.8 Å². The van der Waals surface area contributed by atoms with Gasteiger partial charge in [0.2, 0.25) is 5.91 Å². The van der Waals surface area contributed by atoms with Crippen LogP contribution in [0.5, 0.6) is 0 Å². The van der Waals surface area contributed by atoms with Crippen molar-refractivity contribution in [1.82, 2.24) is 10.6 Å². The van der Waals surface area contributed by atoms with Gasteiger partial charge in [-0.2, -0.15) is 13.2 Å². The Morgan fingerprint density at radius 3 is 2.21 bits per heavy atom. The van der Waals surface area contributed by atoms with Crippen LogP contribution in [-0.2, 0) is 11.0 Å². The minimum absolute atomic E-state index is 0.233. The highest BCUT2D eigenvalue weighted by molar-refractivity contribution is 5.97. The van der Waals surface area contributed by atoms with Gasteiger partial charge in [-0.15, -0.1) is 0 Å². The minimum Gasteiger partial charge on any atom is -0.348 e. The SMILES string of the molecule is CCC(CC)(CN)NC(=O)CNC(=O)c1ccccc1C(F)(F)F. The molecule has 2 amide bonds. The van der Waals surface area contributed by atoms with E-state index in [1.807, 2.05) is 13.8 Å². The molecular formula is C16H22F3N3O2. The van der Waals surface area contributed by atoms with E-state index in [0.29, 0.717) is 12.8 Å². The van der Waals surface area contributed by atoms with E-state index < -0.39 is 41.2 Å². The highest BCUT2D eigenvalue weighted by atomic mass is 19.4. The lowest BCUT2D eigenvalue weighted by Gasteiger charge is -2.31. The summed E-state index contributed by atoms with van der Waals surface area (Å²) < 4.78 is 38.7. The first-order valence-electron chi connectivity index (χ1n) is 7.64. The molecule has 4 N–H and O–H groups in total. The van der Waals surface area contributed by atoms with Gasteiger partial charge in [0, 0.05) is 6.54 Å². The number of carbonyl (C=O) groups is 2. The lowest BCUT2D eigenvalue weighted by atomic mass is 9.93. The van der Waals surface area contributed by atoms with Crippen molar-refractivity contribution in [1.29, 1.82) is 0 Å². The molecule has 0 aliphatic rings. The molecule has 0 atom stereocenters. The Morgan fingerprint density at radius 2 is 1.71 bits per heavy atom. The van der Waals surface area contributed by atoms with E-state index >= 15 is 0 Å². The van der Waals surface area contributed by atoms with E-state index in [4.69, 9.17) is 5.73 Å². The fourth-order valence-corrected chi connectivity index (χ4v) is 2.29. The molecule has 0 saturated heterocycles. The average Bonchev–Trinajstić information content (AvgIpc) is 2.57. The normalized spacial score (nSPS) is 11.9. The second-order valence-corrected chi connectivity index (χ2v) is 5.47. The van der Waals surface area contributed by atoms with Gasteiger partial charge in [0.05, 0.1) is 23.2 Å². The smallest absolute Gasteiger partial charge is 0.348 e. The number of alkyl halides is 3. The van der Waals surface area contributed by atoms with Crippen molar-refractivity contribution in [3.63, 3.8) is 0 Å². The van der Waals surface area contributed by atoms with E-state index in [1.54, 1.807) is 0 Å². The molecule has 1 rings (SSSR count). The minimum atomic E-state index is -4.64. The Kier molecular flexibility index (Phi) is 6.77. The molecule has 0 aromatic heterocycles. The summed E-state index contributed by atoms with van der Waals surface area (Å²) in [6, 6.07) is 4.42. The molecule has 1 aromatic carbocycles. The van der Waals surface area contributed by atoms with E-state index in [-0.39, 0.29) is 6.54 Å². The first-order valence-corrected chi connectivity index (χ1v) is 7.64. The van der Waals surface area contributed by atoms with Gasteiger partial charge in [-0.1, -0.05) is 26.0 Å². The van der Waals surface area contributed by atoms with Gasteiger partial charge < -0.3 is 16.4 Å². The summed E-state index contributed by atoms with van der Waals surface area (Å²) in [4.78, 5) is 23.9. The maximum atomic E-state index is 12.9. The molecule has 0 heterocycles. The fraction of sp³-hybridized carbons (Fsp3) is 0.500. The quantitative estimate of drug-likeness (QED) is 0.707. The third kappa shape index (κ3) is 4.95. The third-order valence-corrected chi connectivity index (χ3v) is 4.04. The van der Waals surface area contributed by atoms with Crippen LogP contribution in [0, 0.1) is 0 Å². The molecule has 0 saturated carbocycles. The van der Waals surface area contributed by atoms with Crippen LogP contribution in [0.1, 0.15) is 42.6 Å². The second-order valence-electron chi connectivity index (χ2n) is 5.47. The van der Waals surface area contributed by atoms with Gasteiger partial charge in [-0.05, 0) is 25.0 Å². The molecular weight excluding hydrogens is 323 g/mol. The van der Waals surface area contributed by atoms with Crippen LogP contribution in [0.4, 0.5) is 13.2 Å². The summed E-state index contributed by atoms with van der Waals surface area (Å²) in [6.07, 6.45) is -3.43. The lowest BCUT2D eigenvalue weighted by molar-refractivity contribution is -0.137. The van der Waals surface area contributed by atoms with Crippen molar-refractivity contribution in [3.8, 4) is 0 Å². The molecule has 24 heavy (non-hydrogen) atoms. The summed E-state index contributed by atoms with van der Waals surface area (Å²) in [5.41, 5.74) is 3.53. The topological polar surface area (TPSA) is 84.2 Å². The number of rotatable bonds is 7. The summed E-state index contributed by atoms with van der Waals surface area (Å²) in [6.45, 7) is 3.55. The molecule has 0 spiro atoms. The number of carbonyl (C=O) groups excluding carboxylic acids is 2. The Bertz CT molecular complexity index is 576. The summed E-state index contributed by atoms with van der Waals surface area (Å²) in [5, 5.41) is 4.94. The zero-order valence-electron chi connectivity index (χ0n) is 13.7. The van der Waals surface area contributed by atoms with Crippen LogP contribution in [0.3, 0.4) is 0 Å². The Morgan fingerprint density at radius 1 is 1.12 bits per heavy atom. The number of nitrogens with two attached hydrogens (primary N) is 1. The summed E-state index contributed by atoms with van der Waals surface area (Å²) in [7, 11) is 0. The number of amides is 2. The summed E-state index contributed by atoms with van der Waals surface area (Å²) >= 11 is 0. The van der Waals surface area contributed by atoms with Crippen molar-refractivity contribution in [2.75, 3.05) is 13.1 Å². The predicted octanol–water partition coefficient (Wildman–Crippen LogP) is 2.07. The summed E-state index contributed by atoms with van der Waals surface area (Å²) in [5.74, 6) is -1.45. The third-order valence-electron chi connectivity index (χ3n) is 4.04. The Labute approximate surface area is 138 Å². The molecule has 8 heteroatoms. The van der Waals surface area contributed by atoms with E-state index in [9.17, 15) is 22.8 Å². The molecule has 0 aliphatic carbocycles. The van der Waals surface area contributed by atoms with Gasteiger partial charge in [0.25, 0.3) is 5.91 Å². The van der Waals surface area contributed by atoms with Gasteiger partial charge in [-0.3, -0.25) is 9.59 Å². The average molecular weight is 345 g/mol. The van der Waals surface area contributed by atoms with Crippen LogP contribution < -0.4 is 16.4 Å². The second kappa shape index (κ2) is 8.14. The van der Waals surface area contributed by atoms with Crippen molar-refractivity contribution >= 4 is 11.8 Å². The van der Waals surface area contributed by atoms with Crippen molar-refractivity contribution in [2.24, 2.45) is 5.73 Å². The number of benzene rings is 1. The molecule has 134 valence electrons. The van der Waals surface area contributed by atoms with Gasteiger partial charge >= 0.3 is 6.18 Å². The lowest BCUT2D eigenvalue weighted by Crippen LogP contribution is -2.55. The standard InChI is InChI=1S/C16H22F3N3O2/c1-3-15(4-2,10-20)22-13(23)9-21-14(24)11-7-5-6-8-12(11)16(17,18)19/h5-8H,3-4,9-10,20H2,1-2H3,(H,21,24)(H,22,23). The van der Waals surface area contributed by atoms with Crippen LogP contribution in [0.15, 0.2) is 24.3 Å². The largest absolute Gasteiger partial charge is 0.417 e. The highest BCUT2D eigenvalue weighted by Crippen LogP contribution is 2.31. The number of halogens is 3. The van der Waals surface area contributed by atoms with E-state index in [1.165, 1.54) is 12.1 Å². The highest BCUT2D eigenvalue weighted by Gasteiger charge is 2.35. The Balaban J connectivity index is 2.76. The number of hydrogen-bond acceptors (Lipinski definition) is 3. The maximum Gasteiger partial charge on any atom is 0.417 e. The maximum absolute atomic E-state index is 12.9. The van der Waals surface area contributed by atoms with Gasteiger partial charge in [0.1, 0.15) is 0 Å². The zero-order chi connectivity index (χ0) is 18.4. The molecule has 0 fully saturated rings. The zero-order valence-corrected chi connectivity index (χ0v) is 13.7. The van der Waals surface area contributed by atoms with Crippen LogP contribution >= 0.6 is 0 Å².